The van der Waals surface area contributed by atoms with E-state index in [0.717, 1.165) is 5.56 Å². The number of nitrogens with one attached hydrogen (secondary N) is 1. The van der Waals surface area contributed by atoms with Gasteiger partial charge in [0.2, 0.25) is 0 Å². The third kappa shape index (κ3) is 3.24. The van der Waals surface area contributed by atoms with Gasteiger partial charge < -0.3 is 0 Å². The Balaban J connectivity index is 1.95. The lowest BCUT2D eigenvalue weighted by molar-refractivity contribution is 0.601. The summed E-state index contributed by atoms with van der Waals surface area (Å²) in [6.07, 6.45) is 0. The minimum absolute atomic E-state index is 0.0266. The van der Waals surface area contributed by atoms with Crippen LogP contribution in [-0.4, -0.2) is 28.6 Å². The fourth-order valence-corrected chi connectivity index (χ4v) is 3.86. The molecule has 0 aliphatic heterocycles. The van der Waals surface area contributed by atoms with E-state index in [4.69, 9.17) is 11.6 Å². The second kappa shape index (κ2) is 6.21. The van der Waals surface area contributed by atoms with E-state index in [1.165, 1.54) is 10.7 Å². The van der Waals surface area contributed by atoms with Gasteiger partial charge in [-0.3, -0.25) is 4.72 Å². The maximum atomic E-state index is 12.6. The number of sulfonamides is 1. The van der Waals surface area contributed by atoms with E-state index in [1.807, 2.05) is 6.92 Å². The van der Waals surface area contributed by atoms with E-state index in [9.17, 15) is 8.42 Å². The van der Waals surface area contributed by atoms with Gasteiger partial charge in [0.25, 0.3) is 10.0 Å². The second-order valence-corrected chi connectivity index (χ2v) is 7.29. The number of halogens is 1. The summed E-state index contributed by atoms with van der Waals surface area (Å²) in [5.41, 5.74) is 1.92. The van der Waals surface area contributed by atoms with Crippen molar-refractivity contribution in [3.63, 3.8) is 0 Å². The van der Waals surface area contributed by atoms with Crippen LogP contribution in [0, 0.1) is 13.8 Å². The largest absolute Gasteiger partial charge is 0.280 e. The van der Waals surface area contributed by atoms with Crippen LogP contribution >= 0.6 is 11.6 Å². The monoisotopic (exact) mass is 363 g/mol. The molecule has 0 aliphatic carbocycles. The first-order chi connectivity index (χ1) is 11.4. The number of hydrogen-bond donors (Lipinski definition) is 1. The zero-order valence-electron chi connectivity index (χ0n) is 12.9. The van der Waals surface area contributed by atoms with E-state index in [0.29, 0.717) is 17.2 Å². The Bertz CT molecular complexity index is 1000. The molecule has 0 spiro atoms. The molecule has 0 aliphatic rings. The molecule has 9 heteroatoms. The predicted molar refractivity (Wildman–Crippen MR) is 90.9 cm³/mol. The van der Waals surface area contributed by atoms with Crippen LogP contribution in [0.15, 0.2) is 47.4 Å². The molecule has 0 unspecified atom stereocenters. The van der Waals surface area contributed by atoms with Gasteiger partial charge >= 0.3 is 0 Å². The van der Waals surface area contributed by atoms with Crippen LogP contribution in [0.3, 0.4) is 0 Å². The Morgan fingerprint density at radius 3 is 2.58 bits per heavy atom. The number of hydrogen-bond acceptors (Lipinski definition) is 5. The van der Waals surface area contributed by atoms with Crippen molar-refractivity contribution in [3.8, 4) is 5.69 Å². The SMILES string of the molecule is Cc1ccc(S(=O)(=O)Nc2cccc(-n3nnnc3C)c2)c(Cl)c1. The summed E-state index contributed by atoms with van der Waals surface area (Å²) in [7, 11) is -3.80. The molecule has 0 saturated heterocycles. The molecule has 0 atom stereocenters. The molecule has 1 heterocycles. The maximum absolute atomic E-state index is 12.6. The number of rotatable bonds is 4. The molecule has 0 radical (unpaired) electrons. The van der Waals surface area contributed by atoms with Crippen molar-refractivity contribution in [1.29, 1.82) is 0 Å². The molecule has 0 bridgehead atoms. The van der Waals surface area contributed by atoms with E-state index in [2.05, 4.69) is 20.2 Å². The minimum atomic E-state index is -3.80. The Morgan fingerprint density at radius 2 is 1.92 bits per heavy atom. The summed E-state index contributed by atoms with van der Waals surface area (Å²) in [6, 6.07) is 11.6. The summed E-state index contributed by atoms with van der Waals surface area (Å²) >= 11 is 6.06. The fraction of sp³-hybridized carbons (Fsp3) is 0.133. The van der Waals surface area contributed by atoms with E-state index in [1.54, 1.807) is 43.3 Å². The van der Waals surface area contributed by atoms with Crippen molar-refractivity contribution in [1.82, 2.24) is 20.2 Å². The molecule has 7 nitrogen and oxygen atoms in total. The number of tetrazole rings is 1. The number of nitrogens with zero attached hydrogens (tertiary/aromatic N) is 4. The number of anilines is 1. The first kappa shape index (κ1) is 16.4. The zero-order valence-corrected chi connectivity index (χ0v) is 14.5. The molecular formula is C15H14ClN5O2S. The van der Waals surface area contributed by atoms with Crippen molar-refractivity contribution >= 4 is 27.3 Å². The molecule has 3 rings (SSSR count). The highest BCUT2D eigenvalue weighted by atomic mass is 35.5. The molecule has 2 aromatic carbocycles. The predicted octanol–water partition coefficient (Wildman–Crippen LogP) is 2.73. The van der Waals surface area contributed by atoms with E-state index >= 15 is 0 Å². The van der Waals surface area contributed by atoms with Gasteiger partial charge in [-0.1, -0.05) is 23.7 Å². The summed E-state index contributed by atoms with van der Waals surface area (Å²) in [6.45, 7) is 3.59. The lowest BCUT2D eigenvalue weighted by atomic mass is 10.2. The lowest BCUT2D eigenvalue weighted by Crippen LogP contribution is -2.14. The van der Waals surface area contributed by atoms with Crippen molar-refractivity contribution in [3.05, 3.63) is 58.9 Å². The molecule has 0 saturated carbocycles. The Hall–Kier alpha value is -2.45. The van der Waals surface area contributed by atoms with Gasteiger partial charge in [0, 0.05) is 0 Å². The van der Waals surface area contributed by atoms with Crippen LogP contribution in [0.4, 0.5) is 5.69 Å². The smallest absolute Gasteiger partial charge is 0.263 e. The Morgan fingerprint density at radius 1 is 1.12 bits per heavy atom. The third-order valence-corrected chi connectivity index (χ3v) is 5.21. The number of aromatic nitrogens is 4. The second-order valence-electron chi connectivity index (χ2n) is 5.23. The first-order valence-electron chi connectivity index (χ1n) is 7.01. The first-order valence-corrected chi connectivity index (χ1v) is 8.87. The van der Waals surface area contributed by atoms with Gasteiger partial charge in [-0.25, -0.2) is 8.42 Å². The van der Waals surface area contributed by atoms with Crippen LogP contribution in [0.25, 0.3) is 5.69 Å². The van der Waals surface area contributed by atoms with E-state index in [-0.39, 0.29) is 9.92 Å². The van der Waals surface area contributed by atoms with Crippen molar-refractivity contribution in [2.24, 2.45) is 0 Å². The molecule has 0 amide bonds. The highest BCUT2D eigenvalue weighted by Crippen LogP contribution is 2.25. The molecule has 124 valence electrons. The quantitative estimate of drug-likeness (QED) is 0.769. The minimum Gasteiger partial charge on any atom is -0.280 e. The molecule has 0 fully saturated rings. The van der Waals surface area contributed by atoms with Crippen LogP contribution in [0.1, 0.15) is 11.4 Å². The molecule has 1 aromatic heterocycles. The number of aryl methyl sites for hydroxylation is 2. The van der Waals surface area contributed by atoms with Gasteiger partial charge in [-0.15, -0.1) is 5.10 Å². The number of benzene rings is 2. The van der Waals surface area contributed by atoms with Crippen molar-refractivity contribution < 1.29 is 8.42 Å². The highest BCUT2D eigenvalue weighted by Gasteiger charge is 2.18. The van der Waals surface area contributed by atoms with Gasteiger partial charge in [0.05, 0.1) is 16.4 Å². The fourth-order valence-electron chi connectivity index (χ4n) is 2.21. The normalized spacial score (nSPS) is 11.5. The topological polar surface area (TPSA) is 89.8 Å². The Labute approximate surface area is 144 Å². The van der Waals surface area contributed by atoms with E-state index < -0.39 is 10.0 Å². The van der Waals surface area contributed by atoms with Crippen LogP contribution in [0.2, 0.25) is 5.02 Å². The van der Waals surface area contributed by atoms with Crippen LogP contribution in [-0.2, 0) is 10.0 Å². The third-order valence-electron chi connectivity index (χ3n) is 3.35. The zero-order chi connectivity index (χ0) is 17.3. The Kier molecular flexibility index (Phi) is 4.25. The van der Waals surface area contributed by atoms with Gasteiger partial charge in [0.15, 0.2) is 5.82 Å². The molecule has 1 N–H and O–H groups in total. The van der Waals surface area contributed by atoms with Crippen molar-refractivity contribution in [2.45, 2.75) is 18.7 Å². The highest BCUT2D eigenvalue weighted by molar-refractivity contribution is 7.92. The average molecular weight is 364 g/mol. The van der Waals surface area contributed by atoms with Gasteiger partial charge in [-0.2, -0.15) is 4.68 Å². The lowest BCUT2D eigenvalue weighted by Gasteiger charge is -2.11. The van der Waals surface area contributed by atoms with Gasteiger partial charge in [-0.05, 0) is 60.2 Å². The molecule has 3 aromatic rings. The van der Waals surface area contributed by atoms with Crippen LogP contribution < -0.4 is 4.72 Å². The standard InChI is InChI=1S/C15H14ClN5O2S/c1-10-6-7-15(14(16)8-10)24(22,23)18-12-4-3-5-13(9-12)21-11(2)17-19-20-21/h3-9,18H,1-2H3. The summed E-state index contributed by atoms with van der Waals surface area (Å²) in [4.78, 5) is 0.0266. The maximum Gasteiger partial charge on any atom is 0.263 e. The average Bonchev–Trinajstić information content (AvgIpc) is 2.92. The summed E-state index contributed by atoms with van der Waals surface area (Å²) < 4.78 is 29.1. The molecule has 24 heavy (non-hydrogen) atoms. The van der Waals surface area contributed by atoms with Crippen LogP contribution in [0.5, 0.6) is 0 Å². The summed E-state index contributed by atoms with van der Waals surface area (Å²) in [5.74, 6) is 0.594. The molecular weight excluding hydrogens is 350 g/mol. The van der Waals surface area contributed by atoms with Crippen molar-refractivity contribution in [2.75, 3.05) is 4.72 Å². The summed E-state index contributed by atoms with van der Waals surface area (Å²) in [5, 5.41) is 11.4. The van der Waals surface area contributed by atoms with Gasteiger partial charge in [0.1, 0.15) is 4.90 Å².